The number of rotatable bonds is 1. The summed E-state index contributed by atoms with van der Waals surface area (Å²) in [5.41, 5.74) is 1.57. The van der Waals surface area contributed by atoms with Gasteiger partial charge in [0.15, 0.2) is 0 Å². The molecule has 50 heavy (non-hydrogen) atoms. The van der Waals surface area contributed by atoms with Crippen LogP contribution in [0.1, 0.15) is 108 Å². The third-order valence-corrected chi connectivity index (χ3v) is 16.1. The van der Waals surface area contributed by atoms with Gasteiger partial charge in [0.25, 0.3) is 0 Å². The predicted octanol–water partition coefficient (Wildman–Crippen LogP) is 5.15. The van der Waals surface area contributed by atoms with Crippen LogP contribution in [-0.4, -0.2) is 49.3 Å². The Balaban J connectivity index is 0.934. The summed E-state index contributed by atoms with van der Waals surface area (Å²) in [7, 11) is 0. The molecule has 5 aliphatic heterocycles. The van der Waals surface area contributed by atoms with Crippen molar-refractivity contribution in [1.82, 2.24) is 42.5 Å². The summed E-state index contributed by atoms with van der Waals surface area (Å²) >= 11 is 0. The van der Waals surface area contributed by atoms with Crippen LogP contribution in [-0.2, 0) is 0 Å². The van der Waals surface area contributed by atoms with E-state index in [0.717, 1.165) is 11.8 Å². The smallest absolute Gasteiger partial charge is 0.0628 e. The SMILES string of the molecule is c1ccc2c(C3CCC4C5NC6NC(NC7NC(NC8NC(NC(N5)C4C3)C3CCCCC83)C3CCCCC73)C3CCCCC63)cccc2c1. The fourth-order valence-corrected chi connectivity index (χ4v) is 13.9. The van der Waals surface area contributed by atoms with E-state index in [1.54, 1.807) is 5.56 Å². The first-order chi connectivity index (χ1) is 24.7. The molecule has 8 heteroatoms. The van der Waals surface area contributed by atoms with Crippen molar-refractivity contribution >= 4 is 10.8 Å². The molecule has 8 nitrogen and oxygen atoms in total. The van der Waals surface area contributed by atoms with Crippen LogP contribution >= 0.6 is 0 Å². The average molecular weight is 679 g/mol. The Morgan fingerprint density at radius 3 is 1.14 bits per heavy atom. The summed E-state index contributed by atoms with van der Waals surface area (Å²) in [6.07, 6.45) is 23.2. The maximum Gasteiger partial charge on any atom is 0.0628 e. The molecule has 0 spiro atoms. The number of nitrogens with one attached hydrogen (secondary N) is 8. The van der Waals surface area contributed by atoms with Crippen LogP contribution in [0.5, 0.6) is 0 Å². The van der Waals surface area contributed by atoms with Crippen molar-refractivity contribution in [3.63, 3.8) is 0 Å². The number of fused-ring (bicyclic) bond motifs is 21. The second-order valence-corrected chi connectivity index (χ2v) is 18.4. The highest BCUT2D eigenvalue weighted by molar-refractivity contribution is 5.86. The van der Waals surface area contributed by atoms with Gasteiger partial charge in [0.2, 0.25) is 0 Å². The molecule has 4 aliphatic carbocycles. The Hall–Kier alpha value is -1.62. The number of benzene rings is 2. The standard InChI is InChI=1S/C42H62N8/c1-2-12-25-23(10-1)11-9-19-26(25)24-20-21-33-34(22-24)42-49-40-32-18-8-7-17-31(32)38(47-40)45-36-28-14-4-3-13-27(28)35(43-36)44-37-29-15-5-6-16-30(29)39(46-37)48-41(33)50-42/h1-2,9-12,19,24,27-50H,3-8,13-18,20-22H2. The summed E-state index contributed by atoms with van der Waals surface area (Å²) in [5, 5.41) is 37.2. The Bertz CT molecular complexity index is 1530. The minimum atomic E-state index is 0.316. The van der Waals surface area contributed by atoms with Crippen molar-refractivity contribution in [2.45, 2.75) is 152 Å². The fourth-order valence-electron chi connectivity index (χ4n) is 13.9. The Morgan fingerprint density at radius 2 is 0.700 bits per heavy atom. The van der Waals surface area contributed by atoms with E-state index in [2.05, 4.69) is 85.0 Å². The zero-order chi connectivity index (χ0) is 32.8. The molecule has 0 aromatic heterocycles. The van der Waals surface area contributed by atoms with Gasteiger partial charge >= 0.3 is 0 Å². The molecule has 5 saturated heterocycles. The quantitative estimate of drug-likeness (QED) is 0.210. The largest absolute Gasteiger partial charge is 0.286 e. The van der Waals surface area contributed by atoms with E-state index in [1.807, 2.05) is 0 Å². The zero-order valence-electron chi connectivity index (χ0n) is 30.0. The molecule has 4 saturated carbocycles. The monoisotopic (exact) mass is 679 g/mol. The highest BCUT2D eigenvalue weighted by atomic mass is 15.4. The molecule has 0 amide bonds. The third kappa shape index (κ3) is 5.37. The number of hydrogen-bond acceptors (Lipinski definition) is 8. The number of hydrogen-bond donors (Lipinski definition) is 8. The highest BCUT2D eigenvalue weighted by Gasteiger charge is 2.55. The molecular formula is C42H62N8. The first-order valence-electron chi connectivity index (χ1n) is 21.3. The topological polar surface area (TPSA) is 96.2 Å². The Kier molecular flexibility index (Phi) is 8.32. The van der Waals surface area contributed by atoms with E-state index in [4.69, 9.17) is 0 Å². The molecular weight excluding hydrogens is 617 g/mol. The van der Waals surface area contributed by atoms with Crippen molar-refractivity contribution in [3.05, 3.63) is 48.0 Å². The van der Waals surface area contributed by atoms with Gasteiger partial charge in [-0.15, -0.1) is 0 Å². The minimum Gasteiger partial charge on any atom is -0.286 e. The van der Waals surface area contributed by atoms with E-state index in [1.165, 1.54) is 107 Å². The van der Waals surface area contributed by atoms with Crippen molar-refractivity contribution in [3.8, 4) is 0 Å². The lowest BCUT2D eigenvalue weighted by atomic mass is 9.70. The Morgan fingerprint density at radius 1 is 0.340 bits per heavy atom. The van der Waals surface area contributed by atoms with Gasteiger partial charge in [0.1, 0.15) is 0 Å². The molecule has 17 atom stereocenters. The molecule has 8 N–H and O–H groups in total. The van der Waals surface area contributed by atoms with Crippen LogP contribution in [0.3, 0.4) is 0 Å². The molecule has 2 aromatic rings. The molecule has 0 radical (unpaired) electrons. The van der Waals surface area contributed by atoms with Crippen LogP contribution in [0.2, 0.25) is 0 Å². The van der Waals surface area contributed by atoms with E-state index >= 15 is 0 Å². The molecule has 11 rings (SSSR count). The maximum absolute atomic E-state index is 4.37. The van der Waals surface area contributed by atoms with Crippen LogP contribution in [0.25, 0.3) is 10.8 Å². The van der Waals surface area contributed by atoms with Crippen LogP contribution < -0.4 is 42.5 Å². The lowest BCUT2D eigenvalue weighted by Gasteiger charge is -2.38. The first kappa shape index (κ1) is 31.9. The first-order valence-corrected chi connectivity index (χ1v) is 21.3. The van der Waals surface area contributed by atoms with Crippen LogP contribution in [0, 0.1) is 47.3 Å². The second kappa shape index (κ2) is 13.0. The van der Waals surface area contributed by atoms with Gasteiger partial charge in [-0.3, -0.25) is 42.5 Å². The van der Waals surface area contributed by atoms with Gasteiger partial charge in [-0.25, -0.2) is 0 Å². The van der Waals surface area contributed by atoms with Gasteiger partial charge in [-0.1, -0.05) is 81.0 Å². The van der Waals surface area contributed by atoms with Gasteiger partial charge in [-0.2, -0.15) is 0 Å². The normalized spacial score (nSPS) is 50.0. The molecule has 17 unspecified atom stereocenters. The highest BCUT2D eigenvalue weighted by Crippen LogP contribution is 2.48. The van der Waals surface area contributed by atoms with Crippen molar-refractivity contribution in [2.75, 3.05) is 0 Å². The van der Waals surface area contributed by atoms with Crippen LogP contribution in [0.15, 0.2) is 42.5 Å². The van der Waals surface area contributed by atoms with Crippen molar-refractivity contribution in [2.24, 2.45) is 47.3 Å². The predicted molar refractivity (Wildman–Crippen MR) is 199 cm³/mol. The van der Waals surface area contributed by atoms with Gasteiger partial charge < -0.3 is 0 Å². The zero-order valence-corrected chi connectivity index (χ0v) is 30.0. The van der Waals surface area contributed by atoms with Crippen LogP contribution in [0.4, 0.5) is 0 Å². The molecule has 9 fully saturated rings. The molecule has 8 bridgehead atoms. The Labute approximate surface area is 299 Å². The van der Waals surface area contributed by atoms with Gasteiger partial charge in [-0.05, 0) is 127 Å². The minimum absolute atomic E-state index is 0.316. The van der Waals surface area contributed by atoms with E-state index in [9.17, 15) is 0 Å². The summed E-state index contributed by atoms with van der Waals surface area (Å²) < 4.78 is 0. The third-order valence-electron chi connectivity index (χ3n) is 16.1. The van der Waals surface area contributed by atoms with Crippen molar-refractivity contribution in [1.29, 1.82) is 0 Å². The molecule has 9 aliphatic rings. The summed E-state index contributed by atoms with van der Waals surface area (Å²) in [5.74, 6) is 6.11. The van der Waals surface area contributed by atoms with E-state index < -0.39 is 0 Å². The second-order valence-electron chi connectivity index (χ2n) is 18.4. The van der Waals surface area contributed by atoms with Crippen molar-refractivity contribution < 1.29 is 0 Å². The van der Waals surface area contributed by atoms with E-state index in [0.29, 0.717) is 90.8 Å². The lowest BCUT2D eigenvalue weighted by Crippen LogP contribution is -2.61. The summed E-state index contributed by atoms with van der Waals surface area (Å²) in [6, 6.07) is 16.1. The fraction of sp³-hybridized carbons (Fsp3) is 0.762. The average Bonchev–Trinajstić information content (AvgIpc) is 3.90. The van der Waals surface area contributed by atoms with Gasteiger partial charge in [0.05, 0.1) is 49.3 Å². The summed E-state index contributed by atoms with van der Waals surface area (Å²) in [4.78, 5) is 0. The maximum atomic E-state index is 4.37. The van der Waals surface area contributed by atoms with Gasteiger partial charge in [0, 0.05) is 0 Å². The molecule has 2 aromatic carbocycles. The molecule has 5 heterocycles. The lowest BCUT2D eigenvalue weighted by molar-refractivity contribution is 0.162. The summed E-state index contributed by atoms with van der Waals surface area (Å²) in [6.45, 7) is 0. The van der Waals surface area contributed by atoms with E-state index in [-0.39, 0.29) is 0 Å². The molecule has 270 valence electrons.